The summed E-state index contributed by atoms with van der Waals surface area (Å²) in [7, 11) is 0. The van der Waals surface area contributed by atoms with Gasteiger partial charge in [0.2, 0.25) is 0 Å². The molecule has 0 atom stereocenters. The molecule has 4 heteroatoms. The van der Waals surface area contributed by atoms with Gasteiger partial charge in [-0.2, -0.15) is 0 Å². The molecule has 72 valence electrons. The van der Waals surface area contributed by atoms with E-state index in [1.54, 1.807) is 0 Å². The topological polar surface area (TPSA) is 46.5 Å². The number of thioether (sulfide) groups is 1. The molecular formula is C8H16O3S. The minimum atomic E-state index is -0.288. The van der Waals surface area contributed by atoms with Gasteiger partial charge < -0.3 is 9.84 Å². The Balaban J connectivity index is 3.45. The van der Waals surface area contributed by atoms with Gasteiger partial charge in [-0.1, -0.05) is 32.5 Å². The maximum atomic E-state index is 11.3. The molecule has 0 unspecified atom stereocenters. The van der Waals surface area contributed by atoms with Crippen molar-refractivity contribution in [2.75, 3.05) is 19.2 Å². The van der Waals surface area contributed by atoms with Crippen molar-refractivity contribution >= 4 is 16.9 Å². The van der Waals surface area contributed by atoms with Crippen LogP contribution in [0.2, 0.25) is 0 Å². The summed E-state index contributed by atoms with van der Waals surface area (Å²) in [5.74, 6) is 0.608. The van der Waals surface area contributed by atoms with Crippen LogP contribution in [0.4, 0.5) is 0 Å². The molecular weight excluding hydrogens is 176 g/mol. The zero-order valence-corrected chi connectivity index (χ0v) is 8.61. The van der Waals surface area contributed by atoms with Gasteiger partial charge in [-0.3, -0.25) is 4.79 Å². The lowest BCUT2D eigenvalue weighted by Crippen LogP contribution is -2.17. The van der Waals surface area contributed by atoms with Gasteiger partial charge in [0.15, 0.2) is 5.12 Å². The van der Waals surface area contributed by atoms with Crippen molar-refractivity contribution in [3.63, 3.8) is 0 Å². The van der Waals surface area contributed by atoms with Crippen LogP contribution in [0.3, 0.4) is 0 Å². The number of carbonyl (C=O) groups is 1. The number of aliphatic hydroxyl groups excluding tert-OH is 1. The van der Waals surface area contributed by atoms with Crippen LogP contribution in [0.5, 0.6) is 0 Å². The average Bonchev–Trinajstić information content (AvgIpc) is 1.96. The minimum absolute atomic E-state index is 0.157. The first kappa shape index (κ1) is 11.9. The Bertz CT molecular complexity index is 140. The van der Waals surface area contributed by atoms with Gasteiger partial charge in [0.1, 0.15) is 6.79 Å². The van der Waals surface area contributed by atoms with Gasteiger partial charge in [0, 0.05) is 11.2 Å². The number of ether oxygens (including phenoxy) is 1. The SMILES string of the molecule is CC(C)(C)C(=O)SCCOCO. The Morgan fingerprint density at radius 1 is 1.50 bits per heavy atom. The lowest BCUT2D eigenvalue weighted by atomic mass is 10.00. The second-order valence-corrected chi connectivity index (χ2v) is 4.49. The van der Waals surface area contributed by atoms with E-state index in [2.05, 4.69) is 4.74 Å². The summed E-state index contributed by atoms with van der Waals surface area (Å²) < 4.78 is 4.68. The Labute approximate surface area is 77.5 Å². The number of hydrogen-bond donors (Lipinski definition) is 1. The third-order valence-electron chi connectivity index (χ3n) is 1.16. The summed E-state index contributed by atoms with van der Waals surface area (Å²) >= 11 is 1.25. The third-order valence-corrected chi connectivity index (χ3v) is 2.41. The summed E-state index contributed by atoms with van der Waals surface area (Å²) in [6.45, 7) is 5.80. The maximum absolute atomic E-state index is 11.3. The lowest BCUT2D eigenvalue weighted by Gasteiger charge is -2.15. The minimum Gasteiger partial charge on any atom is -0.371 e. The van der Waals surface area contributed by atoms with Crippen LogP contribution in [0.25, 0.3) is 0 Å². The zero-order chi connectivity index (χ0) is 9.61. The predicted molar refractivity (Wildman–Crippen MR) is 50.0 cm³/mol. The molecule has 12 heavy (non-hydrogen) atoms. The Kier molecular flexibility index (Phi) is 5.53. The average molecular weight is 192 g/mol. The molecule has 0 aromatic rings. The highest BCUT2D eigenvalue weighted by molar-refractivity contribution is 8.13. The van der Waals surface area contributed by atoms with Crippen LogP contribution in [0, 0.1) is 5.41 Å². The highest BCUT2D eigenvalue weighted by Gasteiger charge is 2.20. The van der Waals surface area contributed by atoms with Crippen molar-refractivity contribution in [2.24, 2.45) is 5.41 Å². The molecule has 0 heterocycles. The number of aliphatic hydroxyl groups is 1. The largest absolute Gasteiger partial charge is 0.371 e. The summed E-state index contributed by atoms with van der Waals surface area (Å²) in [6, 6.07) is 0. The molecule has 0 rings (SSSR count). The van der Waals surface area contributed by atoms with Crippen molar-refractivity contribution in [3.8, 4) is 0 Å². The van der Waals surface area contributed by atoms with Crippen LogP contribution in [-0.4, -0.2) is 29.4 Å². The molecule has 0 aliphatic rings. The molecule has 0 aromatic carbocycles. The highest BCUT2D eigenvalue weighted by Crippen LogP contribution is 2.22. The summed E-state index contributed by atoms with van der Waals surface area (Å²) in [5, 5.41) is 8.43. The third kappa shape index (κ3) is 5.57. The van der Waals surface area contributed by atoms with Gasteiger partial charge in [-0.05, 0) is 0 Å². The fourth-order valence-corrected chi connectivity index (χ4v) is 1.29. The second kappa shape index (κ2) is 5.56. The Morgan fingerprint density at radius 2 is 2.08 bits per heavy atom. The van der Waals surface area contributed by atoms with Crippen molar-refractivity contribution in [2.45, 2.75) is 20.8 Å². The molecule has 0 aromatic heterocycles. The number of carbonyl (C=O) groups excluding carboxylic acids is 1. The first-order valence-corrected chi connectivity index (χ1v) is 4.83. The van der Waals surface area contributed by atoms with Crippen LogP contribution in [0.15, 0.2) is 0 Å². The molecule has 0 aliphatic carbocycles. The molecule has 1 N–H and O–H groups in total. The fraction of sp³-hybridized carbons (Fsp3) is 0.875. The van der Waals surface area contributed by atoms with E-state index >= 15 is 0 Å². The fourth-order valence-electron chi connectivity index (χ4n) is 0.474. The van der Waals surface area contributed by atoms with E-state index in [-0.39, 0.29) is 17.3 Å². The summed E-state index contributed by atoms with van der Waals surface area (Å²) in [4.78, 5) is 11.3. The van der Waals surface area contributed by atoms with Crippen LogP contribution >= 0.6 is 11.8 Å². The predicted octanol–water partition coefficient (Wildman–Crippen LogP) is 1.26. The Hall–Kier alpha value is -0.0600. The van der Waals surface area contributed by atoms with Crippen LogP contribution < -0.4 is 0 Å². The van der Waals surface area contributed by atoms with Gasteiger partial charge in [-0.15, -0.1) is 0 Å². The molecule has 0 bridgehead atoms. The van der Waals surface area contributed by atoms with E-state index < -0.39 is 0 Å². The van der Waals surface area contributed by atoms with E-state index in [0.29, 0.717) is 12.4 Å². The second-order valence-electron chi connectivity index (χ2n) is 3.42. The van der Waals surface area contributed by atoms with Crippen molar-refractivity contribution in [3.05, 3.63) is 0 Å². The summed E-state index contributed by atoms with van der Waals surface area (Å²) in [6.07, 6.45) is 0. The zero-order valence-electron chi connectivity index (χ0n) is 7.79. The smallest absolute Gasteiger partial charge is 0.194 e. The van der Waals surface area contributed by atoms with Gasteiger partial charge in [0.05, 0.1) is 6.61 Å². The quantitative estimate of drug-likeness (QED) is 0.538. The first-order chi connectivity index (χ1) is 5.48. The molecule has 0 saturated heterocycles. The van der Waals surface area contributed by atoms with Gasteiger partial charge in [0.25, 0.3) is 0 Å². The molecule has 0 fully saturated rings. The number of rotatable bonds is 4. The van der Waals surface area contributed by atoms with Gasteiger partial charge in [-0.25, -0.2) is 0 Å². The van der Waals surface area contributed by atoms with E-state index in [4.69, 9.17) is 5.11 Å². The normalized spacial score (nSPS) is 11.7. The van der Waals surface area contributed by atoms with E-state index in [0.717, 1.165) is 0 Å². The molecule has 0 radical (unpaired) electrons. The molecule has 0 amide bonds. The number of hydrogen-bond acceptors (Lipinski definition) is 4. The summed E-state index contributed by atoms with van der Waals surface area (Å²) in [5.41, 5.74) is -0.288. The molecule has 0 spiro atoms. The van der Waals surface area contributed by atoms with Crippen molar-refractivity contribution in [1.82, 2.24) is 0 Å². The van der Waals surface area contributed by atoms with Crippen molar-refractivity contribution < 1.29 is 14.6 Å². The Morgan fingerprint density at radius 3 is 2.50 bits per heavy atom. The molecule has 3 nitrogen and oxygen atoms in total. The van der Waals surface area contributed by atoms with Gasteiger partial charge >= 0.3 is 0 Å². The van der Waals surface area contributed by atoms with Crippen LogP contribution in [-0.2, 0) is 9.53 Å². The highest BCUT2D eigenvalue weighted by atomic mass is 32.2. The molecule has 0 aliphatic heterocycles. The molecule has 0 saturated carbocycles. The first-order valence-electron chi connectivity index (χ1n) is 3.84. The maximum Gasteiger partial charge on any atom is 0.194 e. The van der Waals surface area contributed by atoms with Crippen molar-refractivity contribution in [1.29, 1.82) is 0 Å². The van der Waals surface area contributed by atoms with E-state index in [1.165, 1.54) is 11.8 Å². The van der Waals surface area contributed by atoms with Crippen LogP contribution in [0.1, 0.15) is 20.8 Å². The van der Waals surface area contributed by atoms with E-state index in [9.17, 15) is 4.79 Å². The lowest BCUT2D eigenvalue weighted by molar-refractivity contribution is -0.117. The monoisotopic (exact) mass is 192 g/mol. The standard InChI is InChI=1S/C8H16O3S/c1-8(2,3)7(10)12-5-4-11-6-9/h9H,4-6H2,1-3H3. The van der Waals surface area contributed by atoms with E-state index in [1.807, 2.05) is 20.8 Å².